The monoisotopic (exact) mass is 468 g/mol. The fraction of sp³-hybridized carbons (Fsp3) is 0.560. The second-order valence-corrected chi connectivity index (χ2v) is 11.8. The van der Waals surface area contributed by atoms with E-state index in [1.807, 2.05) is 24.4 Å². The van der Waals surface area contributed by atoms with Crippen LogP contribution in [0.4, 0.5) is 0 Å². The summed E-state index contributed by atoms with van der Waals surface area (Å²) in [5.74, 6) is 2.01. The van der Waals surface area contributed by atoms with Crippen molar-refractivity contribution in [2.45, 2.75) is 51.4 Å². The molecule has 1 N–H and O–H groups in total. The van der Waals surface area contributed by atoms with Gasteiger partial charge < -0.3 is 10.1 Å². The Labute approximate surface area is 197 Å². The van der Waals surface area contributed by atoms with E-state index >= 15 is 0 Å². The van der Waals surface area contributed by atoms with Crippen LogP contribution in [0.3, 0.4) is 0 Å². The summed E-state index contributed by atoms with van der Waals surface area (Å²) in [7, 11) is 1.36. The van der Waals surface area contributed by atoms with Gasteiger partial charge in [-0.3, -0.25) is 4.79 Å². The normalized spacial score (nSPS) is 33.2. The molecule has 7 heteroatoms. The van der Waals surface area contributed by atoms with Crippen LogP contribution < -0.4 is 5.32 Å². The second kappa shape index (κ2) is 8.39. The molecule has 1 atom stereocenters. The van der Waals surface area contributed by atoms with Crippen molar-refractivity contribution >= 4 is 34.9 Å². The number of ketones is 1. The third-order valence-electron chi connectivity index (χ3n) is 7.86. The number of Topliss-reactive ketones (excluding diaryl/α,β-unsaturated/α-hetero) is 1. The van der Waals surface area contributed by atoms with Crippen molar-refractivity contribution in [3.63, 3.8) is 0 Å². The summed E-state index contributed by atoms with van der Waals surface area (Å²) >= 11 is 2.94. The predicted octanol–water partition coefficient (Wildman–Crippen LogP) is 5.14. The van der Waals surface area contributed by atoms with Crippen molar-refractivity contribution in [2.75, 3.05) is 12.9 Å². The first kappa shape index (κ1) is 21.8. The first-order chi connectivity index (χ1) is 15.4. The molecule has 0 amide bonds. The molecule has 1 aliphatic heterocycles. The molecule has 2 heterocycles. The Kier molecular flexibility index (Phi) is 5.71. The number of dihydropyridines is 1. The molecule has 0 spiro atoms. The van der Waals surface area contributed by atoms with E-state index in [1.165, 1.54) is 49.5 Å². The first-order valence-corrected chi connectivity index (χ1v) is 13.2. The third-order valence-corrected chi connectivity index (χ3v) is 9.81. The Morgan fingerprint density at radius 2 is 1.91 bits per heavy atom. The molecular formula is C25H28N2O3S2. The number of hydrogen-bond donors (Lipinski definition) is 1. The van der Waals surface area contributed by atoms with Gasteiger partial charge in [-0.25, -0.2) is 4.79 Å². The summed E-state index contributed by atoms with van der Waals surface area (Å²) < 4.78 is 5.03. The zero-order valence-corrected chi connectivity index (χ0v) is 20.1. The molecule has 0 saturated heterocycles. The molecule has 5 nitrogen and oxygen atoms in total. The lowest BCUT2D eigenvalue weighted by Crippen LogP contribution is -2.50. The molecule has 6 rings (SSSR count). The van der Waals surface area contributed by atoms with Crippen molar-refractivity contribution in [3.8, 4) is 6.07 Å². The molecule has 1 unspecified atom stereocenters. The van der Waals surface area contributed by atoms with E-state index in [4.69, 9.17) is 4.74 Å². The van der Waals surface area contributed by atoms with Crippen LogP contribution in [-0.2, 0) is 14.3 Å². The number of carbonyl (C=O) groups is 2. The Balaban J connectivity index is 1.40. The van der Waals surface area contributed by atoms with Gasteiger partial charge in [-0.05, 0) is 74.6 Å². The van der Waals surface area contributed by atoms with Gasteiger partial charge in [-0.1, -0.05) is 17.8 Å². The Morgan fingerprint density at radius 1 is 1.25 bits per heavy atom. The standard InChI is InChI=1S/C25H28N2O3S2/c1-14-21(24(29)30-2)22(19-4-3-5-31-19)18(12-26)23(27-14)32-13-20(28)25-9-15-6-16(10-25)8-17(7-15)11-25/h3-5,15-17,22,27H,6-11,13H2,1-2H3. The minimum absolute atomic E-state index is 0.140. The van der Waals surface area contributed by atoms with E-state index < -0.39 is 11.9 Å². The van der Waals surface area contributed by atoms with Crippen LogP contribution in [-0.4, -0.2) is 24.6 Å². The van der Waals surface area contributed by atoms with Gasteiger partial charge in [0.05, 0.1) is 41.0 Å². The Bertz CT molecular complexity index is 1010. The van der Waals surface area contributed by atoms with Crippen LogP contribution in [0, 0.1) is 34.5 Å². The van der Waals surface area contributed by atoms with Crippen LogP contribution in [0.15, 0.2) is 39.4 Å². The summed E-state index contributed by atoms with van der Waals surface area (Å²) in [6, 6.07) is 6.19. The molecule has 1 aromatic heterocycles. The minimum Gasteiger partial charge on any atom is -0.466 e. The summed E-state index contributed by atoms with van der Waals surface area (Å²) in [5, 5.41) is 16.0. The third kappa shape index (κ3) is 3.62. The SMILES string of the molecule is COC(=O)C1=C(C)NC(SCC(=O)C23CC4CC(CC(C4)C2)C3)=C(C#N)C1c1cccs1. The number of carbonyl (C=O) groups excluding carboxylic acids is 2. The number of ether oxygens (including phenoxy) is 1. The molecule has 4 bridgehead atoms. The average Bonchev–Trinajstić information content (AvgIpc) is 3.30. The molecule has 0 radical (unpaired) electrons. The number of thioether (sulfide) groups is 1. The second-order valence-electron chi connectivity index (χ2n) is 9.87. The largest absolute Gasteiger partial charge is 0.466 e. The highest BCUT2D eigenvalue weighted by Gasteiger charge is 2.54. The lowest BCUT2D eigenvalue weighted by Gasteiger charge is -2.56. The van der Waals surface area contributed by atoms with E-state index in [2.05, 4.69) is 11.4 Å². The lowest BCUT2D eigenvalue weighted by atomic mass is 9.48. The minimum atomic E-state index is -0.467. The maximum atomic E-state index is 13.5. The quantitative estimate of drug-likeness (QED) is 0.583. The summed E-state index contributed by atoms with van der Waals surface area (Å²) in [6.45, 7) is 1.84. The van der Waals surface area contributed by atoms with Gasteiger partial charge in [0.25, 0.3) is 0 Å². The van der Waals surface area contributed by atoms with Crippen molar-refractivity contribution in [3.05, 3.63) is 44.3 Å². The van der Waals surface area contributed by atoms with Crippen molar-refractivity contribution in [1.29, 1.82) is 5.26 Å². The molecule has 32 heavy (non-hydrogen) atoms. The molecule has 4 fully saturated rings. The summed E-state index contributed by atoms with van der Waals surface area (Å²) in [4.78, 5) is 27.0. The van der Waals surface area contributed by atoms with Gasteiger partial charge in [-0.15, -0.1) is 11.3 Å². The number of methoxy groups -OCH3 is 1. The fourth-order valence-corrected chi connectivity index (χ4v) is 8.86. The lowest BCUT2D eigenvalue weighted by molar-refractivity contribution is -0.141. The summed E-state index contributed by atoms with van der Waals surface area (Å²) in [6.07, 6.45) is 7.10. The molecule has 5 aliphatic rings. The van der Waals surface area contributed by atoms with Gasteiger partial charge in [0, 0.05) is 16.0 Å². The zero-order chi connectivity index (χ0) is 22.5. The van der Waals surface area contributed by atoms with Crippen LogP contribution in [0.1, 0.15) is 56.2 Å². The number of esters is 1. The van der Waals surface area contributed by atoms with Gasteiger partial charge in [-0.2, -0.15) is 5.26 Å². The van der Waals surface area contributed by atoms with E-state index in [9.17, 15) is 14.9 Å². The van der Waals surface area contributed by atoms with Gasteiger partial charge >= 0.3 is 5.97 Å². The smallest absolute Gasteiger partial charge is 0.336 e. The summed E-state index contributed by atoms with van der Waals surface area (Å²) in [5.41, 5.74) is 1.49. The molecule has 1 aromatic rings. The Hall–Kier alpha value is -2.04. The maximum absolute atomic E-state index is 13.5. The highest BCUT2D eigenvalue weighted by molar-refractivity contribution is 8.03. The van der Waals surface area contributed by atoms with Gasteiger partial charge in [0.15, 0.2) is 0 Å². The van der Waals surface area contributed by atoms with E-state index in [0.29, 0.717) is 33.4 Å². The van der Waals surface area contributed by atoms with Crippen LogP contribution in [0.5, 0.6) is 0 Å². The molecule has 4 saturated carbocycles. The van der Waals surface area contributed by atoms with E-state index in [0.717, 1.165) is 41.9 Å². The average molecular weight is 469 g/mol. The highest BCUT2D eigenvalue weighted by Crippen LogP contribution is 2.60. The number of allylic oxidation sites excluding steroid dienone is 2. The number of nitrogens with one attached hydrogen (secondary N) is 1. The maximum Gasteiger partial charge on any atom is 0.336 e. The van der Waals surface area contributed by atoms with Crippen molar-refractivity contribution in [2.24, 2.45) is 23.2 Å². The van der Waals surface area contributed by atoms with Crippen molar-refractivity contribution < 1.29 is 14.3 Å². The zero-order valence-electron chi connectivity index (χ0n) is 18.5. The van der Waals surface area contributed by atoms with Crippen LogP contribution in [0.2, 0.25) is 0 Å². The van der Waals surface area contributed by atoms with Gasteiger partial charge in [0.1, 0.15) is 5.78 Å². The predicted molar refractivity (Wildman–Crippen MR) is 126 cm³/mol. The fourth-order valence-electron chi connectivity index (χ4n) is 6.89. The number of thiophene rings is 1. The number of nitrogens with zero attached hydrogens (tertiary/aromatic N) is 1. The topological polar surface area (TPSA) is 79.2 Å². The van der Waals surface area contributed by atoms with E-state index in [1.54, 1.807) is 0 Å². The number of hydrogen-bond acceptors (Lipinski definition) is 7. The van der Waals surface area contributed by atoms with Crippen LogP contribution in [0.25, 0.3) is 0 Å². The molecule has 0 aromatic carbocycles. The number of nitriles is 1. The van der Waals surface area contributed by atoms with Gasteiger partial charge in [0.2, 0.25) is 0 Å². The van der Waals surface area contributed by atoms with E-state index in [-0.39, 0.29) is 5.41 Å². The van der Waals surface area contributed by atoms with Crippen LogP contribution >= 0.6 is 23.1 Å². The van der Waals surface area contributed by atoms with Crippen molar-refractivity contribution in [1.82, 2.24) is 5.32 Å². The highest BCUT2D eigenvalue weighted by atomic mass is 32.2. The molecular weight excluding hydrogens is 440 g/mol. The molecule has 168 valence electrons. The molecule has 4 aliphatic carbocycles. The number of rotatable bonds is 6. The Morgan fingerprint density at radius 3 is 2.44 bits per heavy atom. The first-order valence-electron chi connectivity index (χ1n) is 11.3.